The Kier molecular flexibility index (Phi) is 2.45. The third-order valence-electron chi connectivity index (χ3n) is 1.94. The number of nitrogens with one attached hydrogen (secondary N) is 1. The van der Waals surface area contributed by atoms with E-state index < -0.39 is 0 Å². The monoisotopic (exact) mass is 202 g/mol. The molecular formula is C6H10N4S2. The molecule has 66 valence electrons. The molecule has 1 saturated heterocycles. The molecule has 1 N–H and O–H groups in total. The maximum absolute atomic E-state index is 4.97. The molecule has 0 aromatic carbocycles. The fourth-order valence-electron chi connectivity index (χ4n) is 1.33. The van der Waals surface area contributed by atoms with Crippen LogP contribution in [0, 0.1) is 4.77 Å². The van der Waals surface area contributed by atoms with Gasteiger partial charge in [0.25, 0.3) is 0 Å². The van der Waals surface area contributed by atoms with Crippen LogP contribution >= 0.6 is 24.0 Å². The Balaban J connectivity index is 2.03. The first kappa shape index (κ1) is 8.25. The summed E-state index contributed by atoms with van der Waals surface area (Å²) in [5.74, 6) is 1.28. The van der Waals surface area contributed by atoms with Crippen LogP contribution < -0.4 is 0 Å². The van der Waals surface area contributed by atoms with Crippen molar-refractivity contribution in [2.75, 3.05) is 5.75 Å². The molecule has 2 rings (SSSR count). The van der Waals surface area contributed by atoms with Gasteiger partial charge >= 0.3 is 0 Å². The van der Waals surface area contributed by atoms with Crippen LogP contribution in [0.25, 0.3) is 0 Å². The van der Waals surface area contributed by atoms with E-state index in [1.54, 1.807) is 0 Å². The lowest BCUT2D eigenvalue weighted by molar-refractivity contribution is 0.555. The lowest BCUT2D eigenvalue weighted by atomic mass is 10.2. The number of rotatable bonds is 2. The molecule has 0 aliphatic carbocycles. The van der Waals surface area contributed by atoms with Gasteiger partial charge in [0.05, 0.1) is 6.54 Å². The summed E-state index contributed by atoms with van der Waals surface area (Å²) in [7, 11) is 0. The van der Waals surface area contributed by atoms with Gasteiger partial charge in [-0.2, -0.15) is 17.0 Å². The summed E-state index contributed by atoms with van der Waals surface area (Å²) in [5.41, 5.74) is 0. The van der Waals surface area contributed by atoms with Gasteiger partial charge in [0.15, 0.2) is 0 Å². The van der Waals surface area contributed by atoms with Crippen LogP contribution in [-0.2, 0) is 6.54 Å². The summed E-state index contributed by atoms with van der Waals surface area (Å²) < 4.78 is 2.39. The summed E-state index contributed by atoms with van der Waals surface area (Å²) in [6, 6.07) is 0. The summed E-state index contributed by atoms with van der Waals surface area (Å²) in [4.78, 5) is 0. The lowest BCUT2D eigenvalue weighted by Gasteiger charge is -2.06. The minimum absolute atomic E-state index is 0.558. The Bertz CT molecular complexity index is 298. The van der Waals surface area contributed by atoms with E-state index in [0.717, 1.165) is 6.54 Å². The number of hydrogen-bond acceptors (Lipinski definition) is 4. The first-order valence-corrected chi connectivity index (χ1v) is 5.41. The zero-order chi connectivity index (χ0) is 8.39. The Morgan fingerprint density at radius 2 is 2.67 bits per heavy atom. The maximum Gasteiger partial charge on any atom is 0.238 e. The van der Waals surface area contributed by atoms with E-state index in [4.69, 9.17) is 12.2 Å². The molecule has 1 aromatic rings. The van der Waals surface area contributed by atoms with Gasteiger partial charge in [-0.3, -0.25) is 0 Å². The van der Waals surface area contributed by atoms with Crippen LogP contribution in [0.4, 0.5) is 0 Å². The average Bonchev–Trinajstić information content (AvgIpc) is 2.65. The van der Waals surface area contributed by atoms with Gasteiger partial charge in [0, 0.05) is 5.25 Å². The van der Waals surface area contributed by atoms with Crippen LogP contribution in [0.1, 0.15) is 12.8 Å². The van der Waals surface area contributed by atoms with E-state index in [2.05, 4.69) is 15.5 Å². The van der Waals surface area contributed by atoms with Crippen molar-refractivity contribution in [3.05, 3.63) is 4.77 Å². The van der Waals surface area contributed by atoms with Crippen molar-refractivity contribution in [1.29, 1.82) is 0 Å². The predicted molar refractivity (Wildman–Crippen MR) is 50.7 cm³/mol. The smallest absolute Gasteiger partial charge is 0.238 e. The zero-order valence-electron chi connectivity index (χ0n) is 6.56. The Morgan fingerprint density at radius 3 is 3.25 bits per heavy atom. The minimum Gasteiger partial charge on any atom is -0.241 e. The highest BCUT2D eigenvalue weighted by molar-refractivity contribution is 8.00. The second kappa shape index (κ2) is 3.57. The fourth-order valence-corrected chi connectivity index (χ4v) is 2.74. The third kappa shape index (κ3) is 1.69. The highest BCUT2D eigenvalue weighted by Gasteiger charge is 2.16. The largest absolute Gasteiger partial charge is 0.241 e. The van der Waals surface area contributed by atoms with Gasteiger partial charge in [0.2, 0.25) is 4.77 Å². The van der Waals surface area contributed by atoms with Crippen molar-refractivity contribution in [2.45, 2.75) is 24.6 Å². The van der Waals surface area contributed by atoms with Crippen LogP contribution in [0.15, 0.2) is 0 Å². The molecule has 1 fully saturated rings. The van der Waals surface area contributed by atoms with Crippen LogP contribution in [0.2, 0.25) is 0 Å². The quantitative estimate of drug-likeness (QED) is 0.733. The number of H-pyrrole nitrogens is 1. The second-order valence-electron chi connectivity index (χ2n) is 2.83. The molecule has 1 aliphatic heterocycles. The van der Waals surface area contributed by atoms with Crippen LogP contribution in [0.5, 0.6) is 0 Å². The first-order chi connectivity index (χ1) is 5.86. The standard InChI is InChI=1S/C6H10N4S2/c11-6-7-8-9-10(6)4-5-2-1-3-12-5/h5H,1-4H2,(H,7,9,11). The predicted octanol–water partition coefficient (Wildman–Crippen LogP) is 1.23. The summed E-state index contributed by atoms with van der Waals surface area (Å²) in [5, 5.41) is 10.8. The summed E-state index contributed by atoms with van der Waals surface area (Å²) in [6.07, 6.45) is 2.61. The Labute approximate surface area is 79.7 Å². The van der Waals surface area contributed by atoms with Gasteiger partial charge in [-0.05, 0) is 30.8 Å². The topological polar surface area (TPSA) is 46.5 Å². The molecule has 0 saturated carbocycles. The van der Waals surface area contributed by atoms with E-state index >= 15 is 0 Å². The fraction of sp³-hybridized carbons (Fsp3) is 0.833. The lowest BCUT2D eigenvalue weighted by Crippen LogP contribution is -2.11. The molecular weight excluding hydrogens is 192 g/mol. The average molecular weight is 202 g/mol. The van der Waals surface area contributed by atoms with E-state index in [1.807, 2.05) is 16.4 Å². The number of thioether (sulfide) groups is 1. The molecule has 0 amide bonds. The molecule has 1 atom stereocenters. The molecule has 1 aromatic heterocycles. The van der Waals surface area contributed by atoms with Crippen molar-refractivity contribution in [3.8, 4) is 0 Å². The first-order valence-electron chi connectivity index (χ1n) is 3.96. The van der Waals surface area contributed by atoms with E-state index in [-0.39, 0.29) is 0 Å². The number of aromatic amines is 1. The Hall–Kier alpha value is -0.360. The molecule has 1 unspecified atom stereocenters. The molecule has 6 heteroatoms. The van der Waals surface area contributed by atoms with E-state index in [1.165, 1.54) is 18.6 Å². The summed E-state index contributed by atoms with van der Waals surface area (Å²) >= 11 is 6.98. The van der Waals surface area contributed by atoms with Gasteiger partial charge < -0.3 is 0 Å². The van der Waals surface area contributed by atoms with Crippen molar-refractivity contribution in [2.24, 2.45) is 0 Å². The second-order valence-corrected chi connectivity index (χ2v) is 4.60. The highest BCUT2D eigenvalue weighted by Crippen LogP contribution is 2.26. The van der Waals surface area contributed by atoms with Crippen LogP contribution in [-0.4, -0.2) is 31.2 Å². The number of tetrazole rings is 1. The normalized spacial score (nSPS) is 23.2. The van der Waals surface area contributed by atoms with Crippen molar-refractivity contribution >= 4 is 24.0 Å². The van der Waals surface area contributed by atoms with Crippen LogP contribution in [0.3, 0.4) is 0 Å². The SMILES string of the molecule is S=c1nn[nH]n1CC1CCCS1. The number of nitrogens with zero attached hydrogens (tertiary/aromatic N) is 3. The molecule has 4 nitrogen and oxygen atoms in total. The molecule has 0 spiro atoms. The van der Waals surface area contributed by atoms with Gasteiger partial charge in [-0.25, -0.2) is 4.68 Å². The molecule has 0 bridgehead atoms. The van der Waals surface area contributed by atoms with Crippen molar-refractivity contribution < 1.29 is 0 Å². The van der Waals surface area contributed by atoms with E-state index in [9.17, 15) is 0 Å². The molecule has 0 radical (unpaired) electrons. The van der Waals surface area contributed by atoms with Gasteiger partial charge in [0.1, 0.15) is 0 Å². The highest BCUT2D eigenvalue weighted by atomic mass is 32.2. The van der Waals surface area contributed by atoms with E-state index in [0.29, 0.717) is 10.0 Å². The minimum atomic E-state index is 0.558. The van der Waals surface area contributed by atoms with Crippen molar-refractivity contribution in [3.63, 3.8) is 0 Å². The Morgan fingerprint density at radius 1 is 1.75 bits per heavy atom. The van der Waals surface area contributed by atoms with Gasteiger partial charge in [-0.15, -0.1) is 0 Å². The number of hydrogen-bond donors (Lipinski definition) is 1. The molecule has 1 aliphatic rings. The summed E-state index contributed by atoms with van der Waals surface area (Å²) in [6.45, 7) is 0.927. The third-order valence-corrected chi connectivity index (χ3v) is 3.62. The zero-order valence-corrected chi connectivity index (χ0v) is 8.20. The maximum atomic E-state index is 4.97. The van der Waals surface area contributed by atoms with Gasteiger partial charge in [-0.1, -0.05) is 10.3 Å². The van der Waals surface area contributed by atoms with Crippen molar-refractivity contribution in [1.82, 2.24) is 20.2 Å². The number of aromatic nitrogens is 4. The molecule has 2 heterocycles. The molecule has 12 heavy (non-hydrogen) atoms.